The van der Waals surface area contributed by atoms with Crippen LogP contribution in [-0.4, -0.2) is 24.0 Å². The van der Waals surface area contributed by atoms with Crippen molar-refractivity contribution in [1.29, 1.82) is 0 Å². The Hall–Kier alpha value is -1.88. The maximum Gasteiger partial charge on any atom is 0.226 e. The predicted molar refractivity (Wildman–Crippen MR) is 96.8 cm³/mol. The van der Waals surface area contributed by atoms with Crippen LogP contribution < -0.4 is 10.1 Å². The number of nitrogens with one attached hydrogen (secondary N) is 1. The van der Waals surface area contributed by atoms with E-state index in [1.807, 2.05) is 23.6 Å². The summed E-state index contributed by atoms with van der Waals surface area (Å²) in [7, 11) is 1.68. The van der Waals surface area contributed by atoms with Crippen LogP contribution in [0.1, 0.15) is 49.4 Å². The summed E-state index contributed by atoms with van der Waals surface area (Å²) in [5.41, 5.74) is 2.07. The lowest BCUT2D eigenvalue weighted by molar-refractivity contribution is -0.120. The van der Waals surface area contributed by atoms with E-state index in [0.29, 0.717) is 12.3 Å². The van der Waals surface area contributed by atoms with Crippen LogP contribution in [0.15, 0.2) is 29.6 Å². The monoisotopic (exact) mass is 344 g/mol. The van der Waals surface area contributed by atoms with E-state index in [4.69, 9.17) is 4.74 Å². The molecule has 5 heteroatoms. The summed E-state index contributed by atoms with van der Waals surface area (Å²) in [4.78, 5) is 16.9. The molecule has 0 radical (unpaired) electrons. The minimum Gasteiger partial charge on any atom is -0.496 e. The molecule has 4 nitrogen and oxygen atoms in total. The summed E-state index contributed by atoms with van der Waals surface area (Å²) in [5.74, 6) is 1.29. The zero-order valence-corrected chi connectivity index (χ0v) is 15.4. The molecule has 128 valence electrons. The van der Waals surface area contributed by atoms with E-state index in [1.54, 1.807) is 18.4 Å². The summed E-state index contributed by atoms with van der Waals surface area (Å²) in [5, 5.41) is 6.18. The zero-order valence-electron chi connectivity index (χ0n) is 14.6. The first-order valence-corrected chi connectivity index (χ1v) is 9.13. The molecule has 1 N–H and O–H groups in total. The fourth-order valence-electron chi connectivity index (χ4n) is 2.83. The molecule has 1 aliphatic rings. The molecule has 1 fully saturated rings. The van der Waals surface area contributed by atoms with Gasteiger partial charge in [0.25, 0.3) is 0 Å². The van der Waals surface area contributed by atoms with Crippen molar-refractivity contribution in [2.24, 2.45) is 0 Å². The van der Waals surface area contributed by atoms with Gasteiger partial charge in [0.05, 0.1) is 24.2 Å². The maximum absolute atomic E-state index is 12.3. The molecule has 1 aromatic heterocycles. The van der Waals surface area contributed by atoms with Crippen LogP contribution in [-0.2, 0) is 16.6 Å². The van der Waals surface area contributed by atoms with Gasteiger partial charge in [-0.3, -0.25) is 4.79 Å². The van der Waals surface area contributed by atoms with Crippen LogP contribution in [0.4, 0.5) is 0 Å². The Morgan fingerprint density at radius 2 is 2.12 bits per heavy atom. The zero-order chi connectivity index (χ0) is 17.3. The molecule has 1 saturated carbocycles. The number of benzene rings is 1. The molecule has 2 atom stereocenters. The van der Waals surface area contributed by atoms with Crippen molar-refractivity contribution in [2.45, 2.75) is 51.0 Å². The van der Waals surface area contributed by atoms with E-state index in [0.717, 1.165) is 22.9 Å². The third-order valence-corrected chi connectivity index (χ3v) is 5.53. The fraction of sp³-hybridized carbons (Fsp3) is 0.474. The van der Waals surface area contributed by atoms with Gasteiger partial charge >= 0.3 is 0 Å². The van der Waals surface area contributed by atoms with Gasteiger partial charge in [-0.25, -0.2) is 4.98 Å². The van der Waals surface area contributed by atoms with E-state index < -0.39 is 0 Å². The molecule has 0 bridgehead atoms. The molecule has 24 heavy (non-hydrogen) atoms. The van der Waals surface area contributed by atoms with Crippen LogP contribution in [0, 0.1) is 0 Å². The Labute approximate surface area is 147 Å². The van der Waals surface area contributed by atoms with Gasteiger partial charge in [0.15, 0.2) is 0 Å². The highest BCUT2D eigenvalue weighted by Crippen LogP contribution is 2.44. The van der Waals surface area contributed by atoms with Gasteiger partial charge in [0.2, 0.25) is 5.91 Å². The minimum absolute atomic E-state index is 0.0326. The molecular weight excluding hydrogens is 320 g/mol. The number of nitrogens with zero attached hydrogens (tertiary/aromatic N) is 1. The van der Waals surface area contributed by atoms with Gasteiger partial charge in [0.1, 0.15) is 5.75 Å². The number of carbonyl (C=O) groups is 1. The first-order chi connectivity index (χ1) is 11.4. The van der Waals surface area contributed by atoms with Crippen molar-refractivity contribution in [3.8, 4) is 5.75 Å². The third kappa shape index (κ3) is 3.78. The number of hydrogen-bond donors (Lipinski definition) is 1. The van der Waals surface area contributed by atoms with E-state index in [9.17, 15) is 4.79 Å². The normalized spacial score (nSPS) is 19.8. The quantitative estimate of drug-likeness (QED) is 0.900. The van der Waals surface area contributed by atoms with Gasteiger partial charge < -0.3 is 10.1 Å². The smallest absolute Gasteiger partial charge is 0.226 e. The Morgan fingerprint density at radius 3 is 2.79 bits per heavy atom. The molecule has 3 rings (SSSR count). The summed E-state index contributed by atoms with van der Waals surface area (Å²) in [6.07, 6.45) is 1.32. The van der Waals surface area contributed by atoms with Gasteiger partial charge in [-0.05, 0) is 18.1 Å². The molecule has 0 saturated heterocycles. The third-order valence-electron chi connectivity index (χ3n) is 4.21. The van der Waals surface area contributed by atoms with E-state index >= 15 is 0 Å². The highest BCUT2D eigenvalue weighted by Gasteiger charge is 2.41. The van der Waals surface area contributed by atoms with E-state index in [-0.39, 0.29) is 17.4 Å². The highest BCUT2D eigenvalue weighted by molar-refractivity contribution is 7.09. The Bertz CT molecular complexity index is 733. The number of amides is 1. The second kappa shape index (κ2) is 6.55. The standard InChI is InChI=1S/C19H24N2O2S/c1-19(2,3)18-20-12(11-24-18)9-17(22)21-15-10-14(15)13-7-5-6-8-16(13)23-4/h5-8,11,14-15H,9-10H2,1-4H3,(H,21,22)/t14-,15-/m1/s1. The molecule has 1 heterocycles. The van der Waals surface area contributed by atoms with Crippen molar-refractivity contribution in [2.75, 3.05) is 7.11 Å². The number of ether oxygens (including phenoxy) is 1. The highest BCUT2D eigenvalue weighted by atomic mass is 32.1. The van der Waals surface area contributed by atoms with Gasteiger partial charge in [-0.2, -0.15) is 0 Å². The van der Waals surface area contributed by atoms with Gasteiger partial charge in [-0.1, -0.05) is 39.0 Å². The van der Waals surface area contributed by atoms with Crippen molar-refractivity contribution in [3.63, 3.8) is 0 Å². The summed E-state index contributed by atoms with van der Waals surface area (Å²) >= 11 is 1.63. The molecule has 0 spiro atoms. The average molecular weight is 344 g/mol. The maximum atomic E-state index is 12.3. The van der Waals surface area contributed by atoms with E-state index in [2.05, 4.69) is 37.1 Å². The van der Waals surface area contributed by atoms with Crippen LogP contribution in [0.3, 0.4) is 0 Å². The van der Waals surface area contributed by atoms with Crippen LogP contribution in [0.25, 0.3) is 0 Å². The number of methoxy groups -OCH3 is 1. The molecule has 2 aromatic rings. The number of aromatic nitrogens is 1. The molecule has 1 aromatic carbocycles. The lowest BCUT2D eigenvalue weighted by Crippen LogP contribution is -2.28. The van der Waals surface area contributed by atoms with Gasteiger partial charge in [-0.15, -0.1) is 11.3 Å². The Morgan fingerprint density at radius 1 is 1.38 bits per heavy atom. The second-order valence-electron chi connectivity index (χ2n) is 7.33. The minimum atomic E-state index is 0.0326. The first kappa shape index (κ1) is 17.0. The fourth-order valence-corrected chi connectivity index (χ4v) is 3.73. The Balaban J connectivity index is 1.56. The Kier molecular flexibility index (Phi) is 4.63. The summed E-state index contributed by atoms with van der Waals surface area (Å²) in [6.45, 7) is 6.41. The lowest BCUT2D eigenvalue weighted by atomic mass is 9.98. The topological polar surface area (TPSA) is 51.2 Å². The lowest BCUT2D eigenvalue weighted by Gasteiger charge is -2.13. The van der Waals surface area contributed by atoms with Crippen molar-refractivity contribution in [1.82, 2.24) is 10.3 Å². The van der Waals surface area contributed by atoms with E-state index in [1.165, 1.54) is 5.56 Å². The van der Waals surface area contributed by atoms with Gasteiger partial charge in [0, 0.05) is 22.8 Å². The number of carbonyl (C=O) groups excluding carboxylic acids is 1. The summed E-state index contributed by atoms with van der Waals surface area (Å²) in [6, 6.07) is 8.22. The van der Waals surface area contributed by atoms with Crippen LogP contribution in [0.5, 0.6) is 5.75 Å². The van der Waals surface area contributed by atoms with Crippen LogP contribution >= 0.6 is 11.3 Å². The number of hydrogen-bond acceptors (Lipinski definition) is 4. The summed E-state index contributed by atoms with van der Waals surface area (Å²) < 4.78 is 5.41. The SMILES string of the molecule is COc1ccccc1[C@H]1C[C@H]1NC(=O)Cc1csc(C(C)(C)C)n1. The molecule has 0 aliphatic heterocycles. The largest absolute Gasteiger partial charge is 0.496 e. The number of rotatable bonds is 5. The van der Waals surface area contributed by atoms with Crippen molar-refractivity contribution >= 4 is 17.2 Å². The van der Waals surface area contributed by atoms with Crippen molar-refractivity contribution in [3.05, 3.63) is 45.9 Å². The average Bonchev–Trinajstić information content (AvgIpc) is 3.10. The first-order valence-electron chi connectivity index (χ1n) is 8.25. The second-order valence-corrected chi connectivity index (χ2v) is 8.19. The molecule has 1 amide bonds. The number of para-hydroxylation sites is 1. The number of thiazole rings is 1. The molecule has 0 unspecified atom stereocenters. The molecule has 1 aliphatic carbocycles. The van der Waals surface area contributed by atoms with Crippen LogP contribution in [0.2, 0.25) is 0 Å². The predicted octanol–water partition coefficient (Wildman–Crippen LogP) is 3.66. The van der Waals surface area contributed by atoms with Crippen molar-refractivity contribution < 1.29 is 9.53 Å². The molecular formula is C19H24N2O2S.